The van der Waals surface area contributed by atoms with Crippen molar-refractivity contribution in [1.82, 2.24) is 4.98 Å². The van der Waals surface area contributed by atoms with Crippen LogP contribution in [0.25, 0.3) is 10.2 Å². The Balaban J connectivity index is 1.52. The zero-order valence-corrected chi connectivity index (χ0v) is 19.1. The Bertz CT molecular complexity index is 1300. The summed E-state index contributed by atoms with van der Waals surface area (Å²) in [7, 11) is -1.85. The molecule has 0 bridgehead atoms. The lowest BCUT2D eigenvalue weighted by Gasteiger charge is -2.18. The van der Waals surface area contributed by atoms with E-state index in [2.05, 4.69) is 4.98 Å². The van der Waals surface area contributed by atoms with Crippen LogP contribution in [0, 0.1) is 0 Å². The maximum atomic E-state index is 13.1. The average Bonchev–Trinajstić information content (AvgIpc) is 3.46. The summed E-state index contributed by atoms with van der Waals surface area (Å²) in [5.74, 6) is 0.987. The second-order valence-corrected chi connectivity index (χ2v) is 10.2. The summed E-state index contributed by atoms with van der Waals surface area (Å²) in [4.78, 5) is 19.5. The van der Waals surface area contributed by atoms with E-state index in [-0.39, 0.29) is 35.9 Å². The van der Waals surface area contributed by atoms with Gasteiger partial charge in [-0.25, -0.2) is 13.4 Å². The summed E-state index contributed by atoms with van der Waals surface area (Å²) in [6.45, 7) is 0.216. The van der Waals surface area contributed by atoms with Crippen molar-refractivity contribution in [2.45, 2.75) is 24.3 Å². The van der Waals surface area contributed by atoms with E-state index in [9.17, 15) is 13.2 Å². The first-order valence-corrected chi connectivity index (χ1v) is 12.5. The molecule has 2 aromatic heterocycles. The summed E-state index contributed by atoms with van der Waals surface area (Å²) >= 11 is 1.39. The van der Waals surface area contributed by atoms with E-state index in [1.165, 1.54) is 11.3 Å². The molecule has 0 radical (unpaired) electrons. The SMILES string of the molecule is COc1ccc2sc(N(Cc3ccco3)C(=O)CCCS(=O)(=O)c3ccccc3)nc2c1. The number of furan rings is 1. The minimum absolute atomic E-state index is 0.0754. The van der Waals surface area contributed by atoms with Gasteiger partial charge in [-0.15, -0.1) is 0 Å². The quantitative estimate of drug-likeness (QED) is 0.353. The summed E-state index contributed by atoms with van der Waals surface area (Å²) in [5.41, 5.74) is 0.730. The third-order valence-electron chi connectivity index (χ3n) is 4.92. The fourth-order valence-electron chi connectivity index (χ4n) is 3.25. The fraction of sp³-hybridized carbons (Fsp3) is 0.217. The molecule has 0 saturated carbocycles. The first-order valence-electron chi connectivity index (χ1n) is 10.0. The standard InChI is InChI=1S/C23H22N2O5S2/c1-29-17-11-12-21-20(15-17)24-23(31-21)25(16-18-7-5-13-30-18)22(26)10-6-14-32(27,28)19-8-3-2-4-9-19/h2-5,7-9,11-13,15H,6,10,14,16H2,1H3. The highest BCUT2D eigenvalue weighted by molar-refractivity contribution is 7.91. The Morgan fingerprint density at radius 3 is 2.66 bits per heavy atom. The molecule has 0 fully saturated rings. The van der Waals surface area contributed by atoms with Gasteiger partial charge < -0.3 is 9.15 Å². The molecule has 7 nitrogen and oxygen atoms in total. The molecule has 0 aliphatic heterocycles. The van der Waals surface area contributed by atoms with Crippen LogP contribution in [0.1, 0.15) is 18.6 Å². The van der Waals surface area contributed by atoms with Crippen molar-refractivity contribution in [2.24, 2.45) is 0 Å². The normalized spacial score (nSPS) is 11.5. The highest BCUT2D eigenvalue weighted by Crippen LogP contribution is 2.32. The lowest BCUT2D eigenvalue weighted by atomic mass is 10.3. The Hall–Kier alpha value is -3.17. The third-order valence-corrected chi connectivity index (χ3v) is 7.79. The maximum absolute atomic E-state index is 13.1. The van der Waals surface area contributed by atoms with Crippen molar-refractivity contribution in [2.75, 3.05) is 17.8 Å². The largest absolute Gasteiger partial charge is 0.497 e. The Kier molecular flexibility index (Phi) is 6.57. The molecule has 0 saturated heterocycles. The summed E-state index contributed by atoms with van der Waals surface area (Å²) in [5, 5.41) is 0.528. The second kappa shape index (κ2) is 9.54. The van der Waals surface area contributed by atoms with Crippen molar-refractivity contribution in [3.8, 4) is 5.75 Å². The van der Waals surface area contributed by atoms with Crippen LogP contribution < -0.4 is 9.64 Å². The Morgan fingerprint density at radius 1 is 1.12 bits per heavy atom. The number of carbonyl (C=O) groups excluding carboxylic acids is 1. The maximum Gasteiger partial charge on any atom is 0.229 e. The van der Waals surface area contributed by atoms with E-state index in [0.717, 1.165) is 10.2 Å². The minimum atomic E-state index is -3.44. The zero-order valence-electron chi connectivity index (χ0n) is 17.4. The van der Waals surface area contributed by atoms with Crippen molar-refractivity contribution < 1.29 is 22.4 Å². The molecule has 2 heterocycles. The van der Waals surface area contributed by atoms with E-state index in [1.807, 2.05) is 18.2 Å². The van der Waals surface area contributed by atoms with Crippen LogP contribution in [0.5, 0.6) is 5.75 Å². The number of hydrogen-bond acceptors (Lipinski definition) is 7. The van der Waals surface area contributed by atoms with Gasteiger partial charge in [-0.3, -0.25) is 9.69 Å². The third kappa shape index (κ3) is 5.00. The molecule has 9 heteroatoms. The molecule has 0 spiro atoms. The Morgan fingerprint density at radius 2 is 1.94 bits per heavy atom. The lowest BCUT2D eigenvalue weighted by molar-refractivity contribution is -0.118. The number of carbonyl (C=O) groups is 1. The van der Waals surface area contributed by atoms with Crippen LogP contribution in [0.15, 0.2) is 76.2 Å². The van der Waals surface area contributed by atoms with E-state index < -0.39 is 9.84 Å². The number of rotatable bonds is 9. The van der Waals surface area contributed by atoms with Crippen molar-refractivity contribution in [1.29, 1.82) is 0 Å². The van der Waals surface area contributed by atoms with Gasteiger partial charge >= 0.3 is 0 Å². The van der Waals surface area contributed by atoms with E-state index >= 15 is 0 Å². The number of anilines is 1. The average molecular weight is 471 g/mol. The molecule has 0 unspecified atom stereocenters. The van der Waals surface area contributed by atoms with Crippen LogP contribution >= 0.6 is 11.3 Å². The number of thiazole rings is 1. The van der Waals surface area contributed by atoms with Gasteiger partial charge in [0.2, 0.25) is 5.91 Å². The van der Waals surface area contributed by atoms with Crippen LogP contribution in [0.3, 0.4) is 0 Å². The van der Waals surface area contributed by atoms with Gasteiger partial charge in [-0.1, -0.05) is 29.5 Å². The van der Waals surface area contributed by atoms with E-state index in [0.29, 0.717) is 16.6 Å². The number of benzene rings is 2. The number of methoxy groups -OCH3 is 1. The molecule has 4 rings (SSSR count). The molecular weight excluding hydrogens is 448 g/mol. The molecular formula is C23H22N2O5S2. The number of ether oxygens (including phenoxy) is 1. The smallest absolute Gasteiger partial charge is 0.229 e. The van der Waals surface area contributed by atoms with Gasteiger partial charge in [0.25, 0.3) is 0 Å². The number of sulfone groups is 1. The topological polar surface area (TPSA) is 89.7 Å². The predicted octanol–water partition coefficient (Wildman–Crippen LogP) is 4.69. The molecule has 0 atom stereocenters. The van der Waals surface area contributed by atoms with Crippen molar-refractivity contribution in [3.63, 3.8) is 0 Å². The predicted molar refractivity (Wildman–Crippen MR) is 124 cm³/mol. The second-order valence-electron chi connectivity index (χ2n) is 7.12. The van der Waals surface area contributed by atoms with Crippen LogP contribution in [0.2, 0.25) is 0 Å². The van der Waals surface area contributed by atoms with Crippen molar-refractivity contribution in [3.05, 3.63) is 72.7 Å². The highest BCUT2D eigenvalue weighted by atomic mass is 32.2. The Labute approximate surface area is 190 Å². The zero-order chi connectivity index (χ0) is 22.6. The number of aromatic nitrogens is 1. The number of amides is 1. The monoisotopic (exact) mass is 470 g/mol. The van der Waals surface area contributed by atoms with E-state index in [4.69, 9.17) is 9.15 Å². The van der Waals surface area contributed by atoms with Gasteiger partial charge in [0, 0.05) is 12.5 Å². The van der Waals surface area contributed by atoms with Gasteiger partial charge in [0.1, 0.15) is 11.5 Å². The minimum Gasteiger partial charge on any atom is -0.497 e. The van der Waals surface area contributed by atoms with Crippen LogP contribution in [0.4, 0.5) is 5.13 Å². The number of fused-ring (bicyclic) bond motifs is 1. The molecule has 1 amide bonds. The fourth-order valence-corrected chi connectivity index (χ4v) is 5.55. The first-order chi connectivity index (χ1) is 15.5. The molecule has 0 N–H and O–H groups in total. The molecule has 2 aromatic carbocycles. The first kappa shape index (κ1) is 22.0. The van der Waals surface area contributed by atoms with Gasteiger partial charge in [0.05, 0.1) is 40.8 Å². The summed E-state index contributed by atoms with van der Waals surface area (Å²) in [6, 6.07) is 17.4. The molecule has 166 valence electrons. The van der Waals surface area contributed by atoms with Gasteiger partial charge in [-0.05, 0) is 42.8 Å². The molecule has 4 aromatic rings. The van der Waals surface area contributed by atoms with Gasteiger partial charge in [-0.2, -0.15) is 0 Å². The summed E-state index contributed by atoms with van der Waals surface area (Å²) < 4.78 is 36.7. The molecule has 0 aliphatic carbocycles. The summed E-state index contributed by atoms with van der Waals surface area (Å²) in [6.07, 6.45) is 1.84. The molecule has 0 aliphatic rings. The van der Waals surface area contributed by atoms with Crippen LogP contribution in [-0.4, -0.2) is 32.2 Å². The number of nitrogens with zero attached hydrogens (tertiary/aromatic N) is 2. The van der Waals surface area contributed by atoms with Crippen LogP contribution in [-0.2, 0) is 21.2 Å². The van der Waals surface area contributed by atoms with Gasteiger partial charge in [0.15, 0.2) is 15.0 Å². The number of hydrogen-bond donors (Lipinski definition) is 0. The van der Waals surface area contributed by atoms with Crippen molar-refractivity contribution >= 4 is 42.4 Å². The lowest BCUT2D eigenvalue weighted by Crippen LogP contribution is -2.30. The van der Waals surface area contributed by atoms with E-state index in [1.54, 1.807) is 60.7 Å². The highest BCUT2D eigenvalue weighted by Gasteiger charge is 2.22. The molecule has 32 heavy (non-hydrogen) atoms.